The fourth-order valence-electron chi connectivity index (χ4n) is 0.0976. The molecular weight excluding hydrogens is 207 g/mol. The summed E-state index contributed by atoms with van der Waals surface area (Å²) in [7, 11) is 0. The molecular formula is C6H14Cl2O4. The molecule has 0 saturated heterocycles. The van der Waals surface area contributed by atoms with Gasteiger partial charge in [0, 0.05) is 0 Å². The number of aliphatic hydroxyl groups excluding tert-OH is 4. The van der Waals surface area contributed by atoms with Crippen molar-refractivity contribution in [3.05, 3.63) is 0 Å². The van der Waals surface area contributed by atoms with Crippen molar-refractivity contribution in [1.29, 1.82) is 0 Å². The second-order valence-electron chi connectivity index (χ2n) is 1.98. The van der Waals surface area contributed by atoms with Gasteiger partial charge in [-0.2, -0.15) is 0 Å². The van der Waals surface area contributed by atoms with Gasteiger partial charge in [-0.3, -0.25) is 0 Å². The first-order chi connectivity index (χ1) is 5.62. The zero-order valence-electron chi connectivity index (χ0n) is 6.53. The highest BCUT2D eigenvalue weighted by Gasteiger charge is 1.94. The van der Waals surface area contributed by atoms with Gasteiger partial charge in [-0.05, 0) is 0 Å². The van der Waals surface area contributed by atoms with E-state index in [4.69, 9.17) is 43.6 Å². The van der Waals surface area contributed by atoms with Gasteiger partial charge in [-0.25, -0.2) is 0 Å². The third-order valence-electron chi connectivity index (χ3n) is 0.778. The van der Waals surface area contributed by atoms with Gasteiger partial charge in [0.05, 0.1) is 37.2 Å². The smallest absolute Gasteiger partial charge is 0.0905 e. The van der Waals surface area contributed by atoms with Crippen LogP contribution in [0.4, 0.5) is 0 Å². The van der Waals surface area contributed by atoms with E-state index in [1.54, 1.807) is 0 Å². The molecule has 0 aromatic carbocycles. The summed E-state index contributed by atoms with van der Waals surface area (Å²) >= 11 is 10.1. The quantitative estimate of drug-likeness (QED) is 0.466. The average molecular weight is 221 g/mol. The number of alkyl halides is 2. The highest BCUT2D eigenvalue weighted by atomic mass is 35.5. The molecule has 0 aromatic heterocycles. The minimum Gasteiger partial charge on any atom is -0.394 e. The molecule has 12 heavy (non-hydrogen) atoms. The molecule has 76 valence electrons. The number of halogens is 2. The van der Waals surface area contributed by atoms with Gasteiger partial charge < -0.3 is 20.4 Å². The molecule has 0 aromatic rings. The van der Waals surface area contributed by atoms with Crippen LogP contribution in [0, 0.1) is 0 Å². The van der Waals surface area contributed by atoms with Gasteiger partial charge in [0.2, 0.25) is 0 Å². The van der Waals surface area contributed by atoms with E-state index in [-0.39, 0.29) is 25.0 Å². The third kappa shape index (κ3) is 13.0. The van der Waals surface area contributed by atoms with Crippen molar-refractivity contribution in [3.8, 4) is 0 Å². The summed E-state index contributed by atoms with van der Waals surface area (Å²) in [6.07, 6.45) is -1.49. The molecule has 4 N–H and O–H groups in total. The number of hydrogen-bond donors (Lipinski definition) is 4. The fourth-order valence-corrected chi connectivity index (χ4v) is 0.293. The maximum Gasteiger partial charge on any atom is 0.0905 e. The van der Waals surface area contributed by atoms with E-state index in [0.717, 1.165) is 0 Å². The Balaban J connectivity index is 0. The monoisotopic (exact) mass is 220 g/mol. The lowest BCUT2D eigenvalue weighted by Crippen LogP contribution is -2.12. The molecule has 0 heterocycles. The van der Waals surface area contributed by atoms with Crippen LogP contribution in [0.3, 0.4) is 0 Å². The second-order valence-corrected chi connectivity index (χ2v) is 2.60. The van der Waals surface area contributed by atoms with Crippen LogP contribution < -0.4 is 0 Å². The van der Waals surface area contributed by atoms with Crippen molar-refractivity contribution < 1.29 is 20.4 Å². The van der Waals surface area contributed by atoms with Gasteiger partial charge in [0.15, 0.2) is 0 Å². The van der Waals surface area contributed by atoms with Crippen LogP contribution in [-0.2, 0) is 0 Å². The highest BCUT2D eigenvalue weighted by molar-refractivity contribution is 6.18. The Hall–Kier alpha value is 0.420. The van der Waals surface area contributed by atoms with Gasteiger partial charge in [0.1, 0.15) is 0 Å². The van der Waals surface area contributed by atoms with E-state index in [1.165, 1.54) is 0 Å². The summed E-state index contributed by atoms with van der Waals surface area (Å²) < 4.78 is 0. The Bertz CT molecular complexity index is 65.9. The molecule has 4 nitrogen and oxygen atoms in total. The predicted octanol–water partition coefficient (Wildman–Crippen LogP) is -0.843. The minimum absolute atomic E-state index is 0.108. The number of aliphatic hydroxyl groups is 4. The van der Waals surface area contributed by atoms with Crippen LogP contribution in [0.5, 0.6) is 0 Å². The molecule has 0 aliphatic heterocycles. The van der Waals surface area contributed by atoms with Gasteiger partial charge in [-0.1, -0.05) is 0 Å². The molecule has 0 bridgehead atoms. The first-order valence-electron chi connectivity index (χ1n) is 3.32. The van der Waals surface area contributed by atoms with Crippen LogP contribution in [0.15, 0.2) is 0 Å². The summed E-state index contributed by atoms with van der Waals surface area (Å²) in [5.41, 5.74) is 0. The van der Waals surface area contributed by atoms with Crippen molar-refractivity contribution in [2.75, 3.05) is 25.0 Å². The zero-order chi connectivity index (χ0) is 9.98. The maximum absolute atomic E-state index is 8.28. The average Bonchev–Trinajstić information content (AvgIpc) is 2.16. The third-order valence-corrected chi connectivity index (χ3v) is 1.49. The number of hydrogen-bond acceptors (Lipinski definition) is 4. The van der Waals surface area contributed by atoms with E-state index in [0.29, 0.717) is 0 Å². The molecule has 0 aliphatic carbocycles. The van der Waals surface area contributed by atoms with Gasteiger partial charge in [0.25, 0.3) is 0 Å². The first-order valence-corrected chi connectivity index (χ1v) is 4.39. The predicted molar refractivity (Wildman–Crippen MR) is 47.6 cm³/mol. The Morgan fingerprint density at radius 1 is 0.833 bits per heavy atom. The molecule has 0 fully saturated rings. The summed E-state index contributed by atoms with van der Waals surface area (Å²) in [6.45, 7) is -0.493. The standard InChI is InChI=1S/2C3H7ClO2/c2*4-1-3(6)2-5/h2*3,5-6H,1-2H2/t2*3-/m10/s1. The number of rotatable bonds is 4. The Labute approximate surface area is 81.4 Å². The molecule has 0 saturated carbocycles. The first kappa shape index (κ1) is 14.9. The molecule has 0 amide bonds. The van der Waals surface area contributed by atoms with Gasteiger partial charge >= 0.3 is 0 Å². The van der Waals surface area contributed by atoms with Crippen molar-refractivity contribution >= 4 is 23.2 Å². The van der Waals surface area contributed by atoms with Crippen molar-refractivity contribution in [2.24, 2.45) is 0 Å². The van der Waals surface area contributed by atoms with E-state index >= 15 is 0 Å². The highest BCUT2D eigenvalue weighted by Crippen LogP contribution is 1.82. The van der Waals surface area contributed by atoms with E-state index in [1.807, 2.05) is 0 Å². The molecule has 0 rings (SSSR count). The molecule has 0 spiro atoms. The second kappa shape index (κ2) is 11.4. The molecule has 0 aliphatic rings. The van der Waals surface area contributed by atoms with Crippen LogP contribution in [0.1, 0.15) is 0 Å². The molecule has 6 heteroatoms. The van der Waals surface area contributed by atoms with Crippen molar-refractivity contribution in [1.82, 2.24) is 0 Å². The molecule has 0 radical (unpaired) electrons. The Morgan fingerprint density at radius 3 is 1.08 bits per heavy atom. The zero-order valence-corrected chi connectivity index (χ0v) is 8.04. The van der Waals surface area contributed by atoms with Crippen molar-refractivity contribution in [3.63, 3.8) is 0 Å². The van der Waals surface area contributed by atoms with Crippen LogP contribution in [0.25, 0.3) is 0 Å². The lowest BCUT2D eigenvalue weighted by molar-refractivity contribution is 0.112. The normalized spacial score (nSPS) is 14.5. The fraction of sp³-hybridized carbons (Fsp3) is 1.00. The topological polar surface area (TPSA) is 80.9 Å². The Kier molecular flexibility index (Phi) is 14.2. The maximum atomic E-state index is 8.28. The van der Waals surface area contributed by atoms with E-state index in [9.17, 15) is 0 Å². The summed E-state index contributed by atoms with van der Waals surface area (Å²) in [5.74, 6) is 0.215. The molecule has 2 atom stereocenters. The Morgan fingerprint density at radius 2 is 1.08 bits per heavy atom. The van der Waals surface area contributed by atoms with Crippen LogP contribution in [0.2, 0.25) is 0 Å². The van der Waals surface area contributed by atoms with Crippen LogP contribution >= 0.6 is 23.2 Å². The lowest BCUT2D eigenvalue weighted by Gasteiger charge is -1.95. The largest absolute Gasteiger partial charge is 0.394 e. The summed E-state index contributed by atoms with van der Waals surface area (Å²) in [6, 6.07) is 0. The van der Waals surface area contributed by atoms with Crippen molar-refractivity contribution in [2.45, 2.75) is 12.2 Å². The van der Waals surface area contributed by atoms with Crippen LogP contribution in [-0.4, -0.2) is 57.6 Å². The van der Waals surface area contributed by atoms with E-state index in [2.05, 4.69) is 0 Å². The molecule has 0 unspecified atom stereocenters. The van der Waals surface area contributed by atoms with Gasteiger partial charge in [-0.15, -0.1) is 23.2 Å². The minimum atomic E-state index is -0.744. The SMILES string of the molecule is OC[C@@H](O)CCl.OC[C@H](O)CCl. The summed E-state index contributed by atoms with van der Waals surface area (Å²) in [5, 5.41) is 32.6. The summed E-state index contributed by atoms with van der Waals surface area (Å²) in [4.78, 5) is 0. The van der Waals surface area contributed by atoms with E-state index < -0.39 is 12.2 Å². The lowest BCUT2D eigenvalue weighted by atomic mass is 10.5.